The molecule has 1 aromatic rings. The predicted molar refractivity (Wildman–Crippen MR) is 92.7 cm³/mol. The molecule has 1 amide bonds. The summed E-state index contributed by atoms with van der Waals surface area (Å²) in [5.74, 6) is 0.176. The molecule has 1 aromatic carbocycles. The fourth-order valence-electron chi connectivity index (χ4n) is 2.81. The summed E-state index contributed by atoms with van der Waals surface area (Å²) >= 11 is 3.58. The van der Waals surface area contributed by atoms with Crippen molar-refractivity contribution in [3.8, 4) is 0 Å². The van der Waals surface area contributed by atoms with Crippen LogP contribution in [-0.2, 0) is 11.2 Å². The number of hydrogen-bond donors (Lipinski definition) is 2. The van der Waals surface area contributed by atoms with Crippen LogP contribution in [0.2, 0.25) is 0 Å². The van der Waals surface area contributed by atoms with Crippen LogP contribution in [0.25, 0.3) is 0 Å². The maximum Gasteiger partial charge on any atom is 0.220 e. The summed E-state index contributed by atoms with van der Waals surface area (Å²) in [6.45, 7) is 0.750. The van der Waals surface area contributed by atoms with E-state index in [2.05, 4.69) is 33.4 Å². The van der Waals surface area contributed by atoms with E-state index in [9.17, 15) is 4.79 Å². The highest BCUT2D eigenvalue weighted by atomic mass is 79.9. The van der Waals surface area contributed by atoms with Gasteiger partial charge in [0.25, 0.3) is 0 Å². The Morgan fingerprint density at radius 1 is 1.29 bits per heavy atom. The molecule has 0 saturated carbocycles. The van der Waals surface area contributed by atoms with Crippen LogP contribution >= 0.6 is 28.3 Å². The number of benzene rings is 1. The van der Waals surface area contributed by atoms with Crippen molar-refractivity contribution in [1.29, 1.82) is 0 Å². The minimum Gasteiger partial charge on any atom is -0.349 e. The number of carbonyl (C=O) groups excluding carboxylic acids is 1. The van der Waals surface area contributed by atoms with Gasteiger partial charge in [-0.2, -0.15) is 0 Å². The molecule has 118 valence electrons. The molecule has 1 unspecified atom stereocenters. The van der Waals surface area contributed by atoms with Gasteiger partial charge in [-0.3, -0.25) is 4.79 Å². The summed E-state index contributed by atoms with van der Waals surface area (Å²) in [5, 5.41) is 3.17. The van der Waals surface area contributed by atoms with Crippen LogP contribution < -0.4 is 11.1 Å². The second-order valence-corrected chi connectivity index (χ2v) is 6.27. The van der Waals surface area contributed by atoms with Gasteiger partial charge in [0, 0.05) is 10.9 Å². The van der Waals surface area contributed by atoms with Crippen LogP contribution in [0.1, 0.15) is 55.7 Å². The number of carbonyl (C=O) groups is 1. The Morgan fingerprint density at radius 2 is 2.05 bits per heavy atom. The van der Waals surface area contributed by atoms with E-state index in [1.807, 2.05) is 6.07 Å². The molecule has 21 heavy (non-hydrogen) atoms. The number of nitrogens with two attached hydrogens (primary N) is 1. The van der Waals surface area contributed by atoms with Crippen LogP contribution in [0, 0.1) is 0 Å². The topological polar surface area (TPSA) is 55.1 Å². The first-order valence-corrected chi connectivity index (χ1v) is 8.28. The molecule has 5 heteroatoms. The lowest BCUT2D eigenvalue weighted by Crippen LogP contribution is -2.26. The molecule has 0 aliphatic heterocycles. The standard InChI is InChI=1S/C16H23BrN2O.ClH/c17-14-7-5-6-13-12(14)9-10-15(13)19-16(20)8-3-1-2-4-11-18;/h5-7,15H,1-4,8-11,18H2,(H,19,20);1H. The lowest BCUT2D eigenvalue weighted by molar-refractivity contribution is -0.121. The number of amides is 1. The van der Waals surface area contributed by atoms with Crippen molar-refractivity contribution in [2.45, 2.75) is 51.0 Å². The summed E-state index contributed by atoms with van der Waals surface area (Å²) < 4.78 is 1.16. The second-order valence-electron chi connectivity index (χ2n) is 5.42. The number of hydrogen-bond acceptors (Lipinski definition) is 2. The van der Waals surface area contributed by atoms with Gasteiger partial charge in [-0.15, -0.1) is 12.4 Å². The lowest BCUT2D eigenvalue weighted by Gasteiger charge is -2.14. The van der Waals surface area contributed by atoms with Gasteiger partial charge in [0.05, 0.1) is 6.04 Å². The van der Waals surface area contributed by atoms with Gasteiger partial charge in [0.15, 0.2) is 0 Å². The van der Waals surface area contributed by atoms with Gasteiger partial charge >= 0.3 is 0 Å². The zero-order valence-electron chi connectivity index (χ0n) is 12.2. The molecule has 1 atom stereocenters. The van der Waals surface area contributed by atoms with E-state index in [4.69, 9.17) is 5.73 Å². The normalized spacial score (nSPS) is 16.2. The number of nitrogens with one attached hydrogen (secondary N) is 1. The first-order chi connectivity index (χ1) is 9.72. The summed E-state index contributed by atoms with van der Waals surface area (Å²) in [7, 11) is 0. The molecular weight excluding hydrogens is 352 g/mol. The molecule has 0 saturated heterocycles. The van der Waals surface area contributed by atoms with Gasteiger partial charge in [0.1, 0.15) is 0 Å². The zero-order chi connectivity index (χ0) is 14.4. The zero-order valence-corrected chi connectivity index (χ0v) is 14.6. The Bertz CT molecular complexity index is 468. The first kappa shape index (κ1) is 18.5. The summed E-state index contributed by atoms with van der Waals surface area (Å²) in [6, 6.07) is 6.43. The van der Waals surface area contributed by atoms with Crippen molar-refractivity contribution < 1.29 is 4.79 Å². The molecule has 1 aliphatic carbocycles. The Labute approximate surface area is 141 Å². The Hall–Kier alpha value is -0.580. The largest absolute Gasteiger partial charge is 0.349 e. The minimum atomic E-state index is 0. The molecule has 0 aromatic heterocycles. The highest BCUT2D eigenvalue weighted by molar-refractivity contribution is 9.10. The third-order valence-corrected chi connectivity index (χ3v) is 4.65. The molecule has 0 radical (unpaired) electrons. The van der Waals surface area contributed by atoms with Gasteiger partial charge in [-0.25, -0.2) is 0 Å². The van der Waals surface area contributed by atoms with Gasteiger partial charge in [0.2, 0.25) is 5.91 Å². The number of unbranched alkanes of at least 4 members (excludes halogenated alkanes) is 3. The highest BCUT2D eigenvalue weighted by Gasteiger charge is 2.24. The third kappa shape index (κ3) is 5.28. The van der Waals surface area contributed by atoms with E-state index in [-0.39, 0.29) is 24.4 Å². The quantitative estimate of drug-likeness (QED) is 0.710. The van der Waals surface area contributed by atoms with Gasteiger partial charge < -0.3 is 11.1 Å². The Morgan fingerprint density at radius 3 is 2.81 bits per heavy atom. The number of halogens is 2. The van der Waals surface area contributed by atoms with E-state index < -0.39 is 0 Å². The minimum absolute atomic E-state index is 0. The summed E-state index contributed by atoms with van der Waals surface area (Å²) in [4.78, 5) is 12.0. The van der Waals surface area contributed by atoms with Crippen LogP contribution in [0.15, 0.2) is 22.7 Å². The van der Waals surface area contributed by atoms with Gasteiger partial charge in [-0.05, 0) is 49.4 Å². The first-order valence-electron chi connectivity index (χ1n) is 7.49. The average molecular weight is 376 g/mol. The maximum atomic E-state index is 12.0. The van der Waals surface area contributed by atoms with E-state index in [1.54, 1.807) is 0 Å². The number of fused-ring (bicyclic) bond motifs is 1. The monoisotopic (exact) mass is 374 g/mol. The van der Waals surface area contributed by atoms with Crippen LogP contribution in [0.3, 0.4) is 0 Å². The molecular formula is C16H24BrClN2O. The van der Waals surface area contributed by atoms with Crippen LogP contribution in [0.5, 0.6) is 0 Å². The van der Waals surface area contributed by atoms with Gasteiger partial charge in [-0.1, -0.05) is 40.9 Å². The summed E-state index contributed by atoms with van der Waals surface area (Å²) in [6.07, 6.45) is 6.93. The average Bonchev–Trinajstić information content (AvgIpc) is 2.83. The van der Waals surface area contributed by atoms with Crippen molar-refractivity contribution in [1.82, 2.24) is 5.32 Å². The van der Waals surface area contributed by atoms with Crippen LogP contribution in [0.4, 0.5) is 0 Å². The molecule has 3 N–H and O–H groups in total. The van der Waals surface area contributed by atoms with Crippen molar-refractivity contribution in [2.75, 3.05) is 6.54 Å². The molecule has 3 nitrogen and oxygen atoms in total. The molecule has 0 bridgehead atoms. The van der Waals surface area contributed by atoms with Crippen molar-refractivity contribution >= 4 is 34.2 Å². The second kappa shape index (κ2) is 9.44. The summed E-state index contributed by atoms with van der Waals surface area (Å²) in [5.41, 5.74) is 8.08. The molecule has 1 aliphatic rings. The van der Waals surface area contributed by atoms with Crippen molar-refractivity contribution in [3.63, 3.8) is 0 Å². The Balaban J connectivity index is 0.00000220. The Kier molecular flexibility index (Phi) is 8.30. The van der Waals surface area contributed by atoms with Crippen molar-refractivity contribution in [2.24, 2.45) is 5.73 Å². The van der Waals surface area contributed by atoms with E-state index in [0.29, 0.717) is 6.42 Å². The predicted octanol–water partition coefficient (Wildman–Crippen LogP) is 3.88. The lowest BCUT2D eigenvalue weighted by atomic mass is 10.1. The highest BCUT2D eigenvalue weighted by Crippen LogP contribution is 2.35. The van der Waals surface area contributed by atoms with Crippen molar-refractivity contribution in [3.05, 3.63) is 33.8 Å². The maximum absolute atomic E-state index is 12.0. The fourth-order valence-corrected chi connectivity index (χ4v) is 3.39. The van der Waals surface area contributed by atoms with E-state index in [0.717, 1.165) is 49.5 Å². The molecule has 0 fully saturated rings. The SMILES string of the molecule is Cl.NCCCCCCC(=O)NC1CCc2c(Br)cccc21. The van der Waals surface area contributed by atoms with E-state index >= 15 is 0 Å². The third-order valence-electron chi connectivity index (χ3n) is 3.91. The smallest absolute Gasteiger partial charge is 0.220 e. The van der Waals surface area contributed by atoms with E-state index in [1.165, 1.54) is 11.1 Å². The fraction of sp³-hybridized carbons (Fsp3) is 0.562. The van der Waals surface area contributed by atoms with Crippen LogP contribution in [-0.4, -0.2) is 12.5 Å². The number of rotatable bonds is 7. The molecule has 0 spiro atoms. The molecule has 0 heterocycles. The molecule has 2 rings (SSSR count).